The number of rotatable bonds is 11. The zero-order chi connectivity index (χ0) is 26.1. The molecule has 3 aromatic rings. The van der Waals surface area contributed by atoms with Gasteiger partial charge in [0.25, 0.3) is 5.91 Å². The number of amides is 2. The maximum Gasteiger partial charge on any atom is 0.261 e. The van der Waals surface area contributed by atoms with E-state index in [1.165, 1.54) is 0 Å². The Labute approximate surface area is 215 Å². The van der Waals surface area contributed by atoms with Crippen LogP contribution in [0, 0.1) is 27.7 Å². The van der Waals surface area contributed by atoms with Gasteiger partial charge < -0.3 is 15.0 Å². The first kappa shape index (κ1) is 27.0. The van der Waals surface area contributed by atoms with Gasteiger partial charge in [-0.15, -0.1) is 0 Å². The number of nitrogens with one attached hydrogen (secondary N) is 1. The zero-order valence-corrected chi connectivity index (χ0v) is 22.1. The van der Waals surface area contributed by atoms with Gasteiger partial charge in [0.05, 0.1) is 0 Å². The number of hydrogen-bond acceptors (Lipinski definition) is 3. The third-order valence-electron chi connectivity index (χ3n) is 6.37. The van der Waals surface area contributed by atoms with E-state index in [-0.39, 0.29) is 18.4 Å². The summed E-state index contributed by atoms with van der Waals surface area (Å²) in [4.78, 5) is 28.8. The quantitative estimate of drug-likeness (QED) is 0.391. The van der Waals surface area contributed by atoms with Gasteiger partial charge >= 0.3 is 0 Å². The molecule has 0 aromatic heterocycles. The molecule has 0 aliphatic carbocycles. The minimum Gasteiger partial charge on any atom is -0.483 e. The van der Waals surface area contributed by atoms with Crippen LogP contribution in [0.15, 0.2) is 66.7 Å². The molecular formula is C31H38N2O3. The van der Waals surface area contributed by atoms with Crippen LogP contribution in [0.25, 0.3) is 0 Å². The normalized spacial score (nSPS) is 11.6. The molecule has 5 heteroatoms. The van der Waals surface area contributed by atoms with E-state index in [0.29, 0.717) is 25.3 Å². The van der Waals surface area contributed by atoms with Crippen LogP contribution in [0.5, 0.6) is 5.75 Å². The first-order chi connectivity index (χ1) is 17.3. The van der Waals surface area contributed by atoms with Crippen LogP contribution in [-0.4, -0.2) is 35.9 Å². The fourth-order valence-electron chi connectivity index (χ4n) is 4.30. The van der Waals surface area contributed by atoms with E-state index in [4.69, 9.17) is 4.74 Å². The Morgan fingerprint density at radius 2 is 1.61 bits per heavy atom. The molecule has 36 heavy (non-hydrogen) atoms. The molecule has 3 rings (SSSR count). The Morgan fingerprint density at radius 1 is 0.889 bits per heavy atom. The highest BCUT2D eigenvalue weighted by Crippen LogP contribution is 2.24. The molecule has 0 aliphatic heterocycles. The van der Waals surface area contributed by atoms with Gasteiger partial charge in [0.15, 0.2) is 6.61 Å². The lowest BCUT2D eigenvalue weighted by Gasteiger charge is -2.31. The van der Waals surface area contributed by atoms with E-state index in [1.807, 2.05) is 89.2 Å². The first-order valence-corrected chi connectivity index (χ1v) is 12.7. The van der Waals surface area contributed by atoms with Crippen molar-refractivity contribution in [1.29, 1.82) is 0 Å². The molecule has 0 fully saturated rings. The standard InChI is InChI=1S/C31H38N2O3/c1-6-15-32-31(35)28(19-26-12-8-7-9-13-26)33(20-27-14-10-11-22(2)17-27)30(34)21-36-29-18-23(3)16-24(4)25(29)5/h7-14,16-18,28H,6,15,19-21H2,1-5H3,(H,32,35)/t28-/m0/s1. The van der Waals surface area contributed by atoms with Crippen LogP contribution in [0.1, 0.15) is 46.7 Å². The molecule has 3 aromatic carbocycles. The highest BCUT2D eigenvalue weighted by atomic mass is 16.5. The van der Waals surface area contributed by atoms with Crippen LogP contribution in [0.3, 0.4) is 0 Å². The minimum absolute atomic E-state index is 0.137. The molecule has 0 saturated carbocycles. The predicted octanol–water partition coefficient (Wildman–Crippen LogP) is 5.47. The van der Waals surface area contributed by atoms with E-state index < -0.39 is 6.04 Å². The van der Waals surface area contributed by atoms with Crippen molar-refractivity contribution < 1.29 is 14.3 Å². The summed E-state index contributed by atoms with van der Waals surface area (Å²) in [6.45, 7) is 10.8. The zero-order valence-electron chi connectivity index (χ0n) is 22.1. The highest BCUT2D eigenvalue weighted by molar-refractivity contribution is 5.88. The number of aryl methyl sites for hydroxylation is 3. The van der Waals surface area contributed by atoms with E-state index in [9.17, 15) is 9.59 Å². The van der Waals surface area contributed by atoms with Crippen LogP contribution in [0.4, 0.5) is 0 Å². The van der Waals surface area contributed by atoms with Gasteiger partial charge in [0, 0.05) is 19.5 Å². The topological polar surface area (TPSA) is 58.6 Å². The molecular weight excluding hydrogens is 448 g/mol. The summed E-state index contributed by atoms with van der Waals surface area (Å²) in [6, 6.07) is 21.3. The lowest BCUT2D eigenvalue weighted by Crippen LogP contribution is -2.51. The molecule has 0 heterocycles. The molecule has 0 spiro atoms. The van der Waals surface area contributed by atoms with Crippen molar-refractivity contribution in [3.05, 3.63) is 100 Å². The monoisotopic (exact) mass is 486 g/mol. The minimum atomic E-state index is -0.657. The molecule has 0 unspecified atom stereocenters. The van der Waals surface area contributed by atoms with Gasteiger partial charge in [0.2, 0.25) is 5.91 Å². The summed E-state index contributed by atoms with van der Waals surface area (Å²) < 4.78 is 6.04. The Bertz CT molecular complexity index is 1170. The SMILES string of the molecule is CCCNC(=O)[C@H](Cc1ccccc1)N(Cc1cccc(C)c1)C(=O)COc1cc(C)cc(C)c1C. The van der Waals surface area contributed by atoms with Gasteiger partial charge in [-0.25, -0.2) is 0 Å². The van der Waals surface area contributed by atoms with Crippen molar-refractivity contribution in [2.24, 2.45) is 0 Å². The third-order valence-corrected chi connectivity index (χ3v) is 6.37. The summed E-state index contributed by atoms with van der Waals surface area (Å²) in [5.74, 6) is 0.332. The maximum absolute atomic E-state index is 13.7. The molecule has 190 valence electrons. The molecule has 2 amide bonds. The summed E-state index contributed by atoms with van der Waals surface area (Å²) >= 11 is 0. The second-order valence-electron chi connectivity index (χ2n) is 9.50. The highest BCUT2D eigenvalue weighted by Gasteiger charge is 2.30. The van der Waals surface area contributed by atoms with Gasteiger partial charge in [-0.1, -0.05) is 73.2 Å². The summed E-state index contributed by atoms with van der Waals surface area (Å²) in [5.41, 5.74) is 6.31. The van der Waals surface area contributed by atoms with Crippen LogP contribution >= 0.6 is 0 Å². The Hall–Kier alpha value is -3.60. The van der Waals surface area contributed by atoms with E-state index in [2.05, 4.69) is 17.4 Å². The molecule has 0 radical (unpaired) electrons. The second-order valence-corrected chi connectivity index (χ2v) is 9.50. The van der Waals surface area contributed by atoms with Crippen LogP contribution < -0.4 is 10.1 Å². The summed E-state index contributed by atoms with van der Waals surface area (Å²) in [6.07, 6.45) is 1.25. The number of hydrogen-bond donors (Lipinski definition) is 1. The molecule has 1 N–H and O–H groups in total. The van der Waals surface area contributed by atoms with Crippen LogP contribution in [0.2, 0.25) is 0 Å². The number of ether oxygens (including phenoxy) is 1. The van der Waals surface area contributed by atoms with Gasteiger partial charge in [-0.05, 0) is 68.0 Å². The van der Waals surface area contributed by atoms with Gasteiger partial charge in [0.1, 0.15) is 11.8 Å². The smallest absolute Gasteiger partial charge is 0.261 e. The lowest BCUT2D eigenvalue weighted by molar-refractivity contribution is -0.142. The Balaban J connectivity index is 1.92. The predicted molar refractivity (Wildman–Crippen MR) is 145 cm³/mol. The number of carbonyl (C=O) groups is 2. The fourth-order valence-corrected chi connectivity index (χ4v) is 4.30. The first-order valence-electron chi connectivity index (χ1n) is 12.7. The molecule has 1 atom stereocenters. The lowest BCUT2D eigenvalue weighted by atomic mass is 10.0. The number of benzene rings is 3. The third kappa shape index (κ3) is 7.45. The van der Waals surface area contributed by atoms with Crippen LogP contribution in [-0.2, 0) is 22.6 Å². The fraction of sp³-hybridized carbons (Fsp3) is 0.355. The summed E-state index contributed by atoms with van der Waals surface area (Å²) in [7, 11) is 0. The second kappa shape index (κ2) is 12.9. The van der Waals surface area contributed by atoms with E-state index in [0.717, 1.165) is 39.8 Å². The Morgan fingerprint density at radius 3 is 2.31 bits per heavy atom. The van der Waals surface area contributed by atoms with E-state index >= 15 is 0 Å². The van der Waals surface area contributed by atoms with Gasteiger partial charge in [-0.2, -0.15) is 0 Å². The van der Waals surface area contributed by atoms with Crippen molar-refractivity contribution in [3.63, 3.8) is 0 Å². The maximum atomic E-state index is 13.7. The average molecular weight is 487 g/mol. The largest absolute Gasteiger partial charge is 0.483 e. The number of carbonyl (C=O) groups excluding carboxylic acids is 2. The van der Waals surface area contributed by atoms with Crippen molar-refractivity contribution >= 4 is 11.8 Å². The van der Waals surface area contributed by atoms with Crippen molar-refractivity contribution in [3.8, 4) is 5.75 Å². The number of nitrogens with zero attached hydrogens (tertiary/aromatic N) is 1. The van der Waals surface area contributed by atoms with E-state index in [1.54, 1.807) is 4.90 Å². The van der Waals surface area contributed by atoms with Crippen molar-refractivity contribution in [2.75, 3.05) is 13.2 Å². The molecule has 0 aliphatic rings. The molecule has 5 nitrogen and oxygen atoms in total. The molecule has 0 bridgehead atoms. The van der Waals surface area contributed by atoms with Crippen molar-refractivity contribution in [2.45, 2.75) is 60.0 Å². The van der Waals surface area contributed by atoms with Crippen molar-refractivity contribution in [1.82, 2.24) is 10.2 Å². The Kier molecular flexibility index (Phi) is 9.69. The van der Waals surface area contributed by atoms with Gasteiger partial charge in [-0.3, -0.25) is 9.59 Å². The molecule has 0 saturated heterocycles. The average Bonchev–Trinajstić information content (AvgIpc) is 2.86. The summed E-state index contributed by atoms with van der Waals surface area (Å²) in [5, 5.41) is 3.01.